The summed E-state index contributed by atoms with van der Waals surface area (Å²) < 4.78 is 19.4. The molecule has 372 valence electrons. The Morgan fingerprint density at radius 2 is 1.57 bits per heavy atom. The van der Waals surface area contributed by atoms with Crippen molar-refractivity contribution in [2.75, 3.05) is 43.9 Å². The Bertz CT molecular complexity index is 2470. The van der Waals surface area contributed by atoms with E-state index >= 15 is 0 Å². The lowest BCUT2D eigenvalue weighted by molar-refractivity contribution is -0.137. The molecule has 0 bridgehead atoms. The first-order valence-corrected chi connectivity index (χ1v) is 23.2. The molecule has 0 fully saturated rings. The Labute approximate surface area is 400 Å². The van der Waals surface area contributed by atoms with Crippen molar-refractivity contribution < 1.29 is 47.8 Å². The van der Waals surface area contributed by atoms with Gasteiger partial charge in [0, 0.05) is 55.9 Å². The average molecular weight is 956 g/mol. The Morgan fingerprint density at radius 3 is 2.26 bits per heavy atom. The van der Waals surface area contributed by atoms with Gasteiger partial charge in [0.05, 0.1) is 29.8 Å². The van der Waals surface area contributed by atoms with Crippen LogP contribution in [0.25, 0.3) is 21.9 Å². The summed E-state index contributed by atoms with van der Waals surface area (Å²) >= 11 is 0. The fraction of sp³-hybridized carbons (Fsp3) is 0.479. The summed E-state index contributed by atoms with van der Waals surface area (Å²) in [5.41, 5.74) is 14.1. The highest BCUT2D eigenvalue weighted by atomic mass is 16.5. The zero-order valence-electron chi connectivity index (χ0n) is 39.9. The summed E-state index contributed by atoms with van der Waals surface area (Å²) in [6.45, 7) is 11.3. The monoisotopic (exact) mass is 955 g/mol. The largest absolute Gasteiger partial charge is 0.445 e. The van der Waals surface area contributed by atoms with Gasteiger partial charge in [0.2, 0.25) is 17.7 Å². The normalized spacial score (nSPS) is 13.4. The quantitative estimate of drug-likeness (QED) is 0.0330. The van der Waals surface area contributed by atoms with Crippen LogP contribution in [-0.4, -0.2) is 112 Å². The molecular weight excluding hydrogens is 891 g/mol. The van der Waals surface area contributed by atoms with Crippen LogP contribution in [-0.2, 0) is 57.9 Å². The maximum atomic E-state index is 13.6. The van der Waals surface area contributed by atoms with E-state index in [2.05, 4.69) is 36.1 Å². The van der Waals surface area contributed by atoms with Crippen molar-refractivity contribution >= 4 is 75.1 Å². The number of nitrogens with one attached hydrogen (secondary N) is 5. The van der Waals surface area contributed by atoms with Gasteiger partial charge in [-0.1, -0.05) is 50.6 Å². The second-order valence-corrected chi connectivity index (χ2v) is 17.5. The number of carbonyl (C=O) groups excluding carboxylic acids is 7. The van der Waals surface area contributed by atoms with Crippen LogP contribution in [0.2, 0.25) is 0 Å². The lowest BCUT2D eigenvalue weighted by atomic mass is 10.0. The van der Waals surface area contributed by atoms with Crippen LogP contribution >= 0.6 is 0 Å². The second kappa shape index (κ2) is 25.3. The number of alkyl carbamates (subject to hydrolysis) is 1. The number of para-hydroxylation sites is 1. The third-order valence-electron chi connectivity index (χ3n) is 11.2. The number of pyridine rings is 1. The third kappa shape index (κ3) is 15.7. The zero-order valence-corrected chi connectivity index (χ0v) is 39.9. The number of carbonyl (C=O) groups is 7. The van der Waals surface area contributed by atoms with Gasteiger partial charge in [0.25, 0.3) is 11.8 Å². The number of imide groups is 1. The molecule has 1 aliphatic heterocycles. The molecule has 8 amide bonds. The number of fused-ring (bicyclic) bond motifs is 3. The Morgan fingerprint density at radius 1 is 0.841 bits per heavy atom. The molecule has 0 unspecified atom stereocenters. The van der Waals surface area contributed by atoms with Crippen molar-refractivity contribution in [3.05, 3.63) is 72.1 Å². The van der Waals surface area contributed by atoms with Crippen LogP contribution in [0.15, 0.2) is 60.7 Å². The van der Waals surface area contributed by atoms with Gasteiger partial charge in [-0.3, -0.25) is 28.9 Å². The average Bonchev–Trinajstić information content (AvgIpc) is 3.83. The molecule has 2 atom stereocenters. The molecule has 21 nitrogen and oxygen atoms in total. The standard InChI is InChI=1S/C48H65N11O10/c1-6-67-28-36-56-41-42(33-13-9-10-14-34(33)54-43(41)49)59(36)29-48(4,5)69-26-24-52-47(66)68-27-31-17-19-32(20-18-31)53-44(63)35(15-12-23-51-46(50)65)55-45(64)40(30(2)3)57-37(60)16-8-7-11-25-58-38(61)21-22-39(58)62/h9-10,13-14,17-22,30,35,40H,6-8,11-12,15-16,23-29H2,1-5H3,(H2,49,54)(H,52,66)(H,53,63)(H,55,64)(H,57,60)(H3,50,51,65)/t35-,40-/m0/s1. The lowest BCUT2D eigenvalue weighted by Crippen LogP contribution is -2.54. The Hall–Kier alpha value is -7.13. The first kappa shape index (κ1) is 52.8. The third-order valence-corrected chi connectivity index (χ3v) is 11.2. The molecule has 0 saturated carbocycles. The number of hydrogen-bond donors (Lipinski definition) is 7. The van der Waals surface area contributed by atoms with E-state index in [9.17, 15) is 33.6 Å². The summed E-state index contributed by atoms with van der Waals surface area (Å²) in [7, 11) is 0. The van der Waals surface area contributed by atoms with Gasteiger partial charge in [-0.15, -0.1) is 0 Å². The topological polar surface area (TPSA) is 293 Å². The van der Waals surface area contributed by atoms with E-state index in [0.717, 1.165) is 21.3 Å². The second-order valence-electron chi connectivity index (χ2n) is 17.5. The molecule has 69 heavy (non-hydrogen) atoms. The van der Waals surface area contributed by atoms with Crippen molar-refractivity contribution in [1.29, 1.82) is 0 Å². The van der Waals surface area contributed by atoms with Gasteiger partial charge in [0.1, 0.15) is 36.6 Å². The summed E-state index contributed by atoms with van der Waals surface area (Å²) in [4.78, 5) is 97.9. The SMILES string of the molecule is CCOCc1nc2c(N)nc3ccccc3c2n1CC(C)(C)OCCNC(=O)OCc1ccc(NC(=O)[C@H](CCCNC(N)=O)NC(=O)[C@@H](NC(=O)CCCCCN2C(=O)C=CC2=O)C(C)C)cc1. The molecule has 3 heterocycles. The van der Waals surface area contributed by atoms with E-state index < -0.39 is 41.6 Å². The number of amides is 8. The molecule has 4 aromatic rings. The number of unbranched alkanes of at least 4 members (excludes halogenated alkanes) is 2. The lowest BCUT2D eigenvalue weighted by Gasteiger charge is -2.27. The molecule has 0 radical (unpaired) electrons. The van der Waals surface area contributed by atoms with E-state index in [1.165, 1.54) is 12.2 Å². The first-order valence-electron chi connectivity index (χ1n) is 23.2. The zero-order chi connectivity index (χ0) is 50.1. The molecule has 0 aliphatic carbocycles. The van der Waals surface area contributed by atoms with Crippen LogP contribution < -0.4 is 38.1 Å². The van der Waals surface area contributed by atoms with Gasteiger partial charge in [0.15, 0.2) is 5.82 Å². The van der Waals surface area contributed by atoms with Crippen LogP contribution in [0.4, 0.5) is 21.1 Å². The van der Waals surface area contributed by atoms with E-state index in [0.29, 0.717) is 67.2 Å². The summed E-state index contributed by atoms with van der Waals surface area (Å²) in [6, 6.07) is 11.6. The van der Waals surface area contributed by atoms with Crippen molar-refractivity contribution in [3.63, 3.8) is 0 Å². The number of nitrogens with two attached hydrogens (primary N) is 2. The summed E-state index contributed by atoms with van der Waals surface area (Å²) in [6.07, 6.45) is 3.96. The molecule has 2 aromatic heterocycles. The Kier molecular flexibility index (Phi) is 19.4. The number of rotatable bonds is 27. The van der Waals surface area contributed by atoms with E-state index in [4.69, 9.17) is 30.7 Å². The van der Waals surface area contributed by atoms with Gasteiger partial charge in [-0.05, 0) is 76.1 Å². The highest BCUT2D eigenvalue weighted by Crippen LogP contribution is 2.31. The summed E-state index contributed by atoms with van der Waals surface area (Å²) in [5.74, 6) is -1.47. The number of nitrogen functional groups attached to an aromatic ring is 1. The molecule has 2 aromatic carbocycles. The van der Waals surface area contributed by atoms with E-state index in [-0.39, 0.29) is 75.9 Å². The number of hydrogen-bond acceptors (Lipinski definition) is 13. The molecule has 1 aliphatic rings. The fourth-order valence-electron chi connectivity index (χ4n) is 7.61. The molecule has 9 N–H and O–H groups in total. The minimum Gasteiger partial charge on any atom is -0.445 e. The van der Waals surface area contributed by atoms with Crippen molar-refractivity contribution in [3.8, 4) is 0 Å². The highest BCUT2D eigenvalue weighted by molar-refractivity contribution is 6.13. The molecule has 21 heteroatoms. The molecular formula is C48H65N11O10. The first-order chi connectivity index (χ1) is 33.0. The van der Waals surface area contributed by atoms with E-state index in [1.807, 2.05) is 45.0 Å². The number of urea groups is 1. The fourth-order valence-corrected chi connectivity index (χ4v) is 7.61. The van der Waals surface area contributed by atoms with Gasteiger partial charge in [-0.25, -0.2) is 19.6 Å². The predicted molar refractivity (Wildman–Crippen MR) is 258 cm³/mol. The number of benzene rings is 2. The van der Waals surface area contributed by atoms with Crippen molar-refractivity contribution in [2.24, 2.45) is 11.7 Å². The van der Waals surface area contributed by atoms with Crippen LogP contribution in [0.3, 0.4) is 0 Å². The van der Waals surface area contributed by atoms with Crippen LogP contribution in [0, 0.1) is 5.92 Å². The maximum Gasteiger partial charge on any atom is 0.407 e. The minimum absolute atomic E-state index is 0.0547. The van der Waals surface area contributed by atoms with Crippen molar-refractivity contribution in [1.82, 2.24) is 40.7 Å². The molecule has 0 spiro atoms. The number of ether oxygens (including phenoxy) is 3. The van der Waals surface area contributed by atoms with Gasteiger partial charge < -0.3 is 56.8 Å². The molecule has 5 rings (SSSR count). The van der Waals surface area contributed by atoms with E-state index in [1.54, 1.807) is 38.1 Å². The van der Waals surface area contributed by atoms with Gasteiger partial charge in [-0.2, -0.15) is 0 Å². The van der Waals surface area contributed by atoms with Crippen molar-refractivity contribution in [2.45, 2.75) is 111 Å². The number of aromatic nitrogens is 3. The predicted octanol–water partition coefficient (Wildman–Crippen LogP) is 3.92. The number of imidazole rings is 1. The van der Waals surface area contributed by atoms with Gasteiger partial charge >= 0.3 is 12.1 Å². The van der Waals surface area contributed by atoms with Crippen LogP contribution in [0.1, 0.15) is 84.5 Å². The maximum absolute atomic E-state index is 13.6. The highest BCUT2D eigenvalue weighted by Gasteiger charge is 2.30. The Balaban J connectivity index is 1.08. The van der Waals surface area contributed by atoms with Crippen LogP contribution in [0.5, 0.6) is 0 Å². The smallest absolute Gasteiger partial charge is 0.407 e. The molecule has 0 saturated heterocycles. The summed E-state index contributed by atoms with van der Waals surface area (Å²) in [5, 5.41) is 14.4. The number of nitrogens with zero attached hydrogens (tertiary/aromatic N) is 4. The minimum atomic E-state index is -1.04. The number of anilines is 2. The number of primary amides is 1.